The van der Waals surface area contributed by atoms with Crippen LogP contribution in [0.15, 0.2) is 48.9 Å². The minimum atomic E-state index is -2.34. The lowest BCUT2D eigenvalue weighted by Gasteiger charge is -2.19. The second kappa shape index (κ2) is 8.41. The van der Waals surface area contributed by atoms with E-state index in [-0.39, 0.29) is 5.82 Å². The standard InChI is InChI=1S/C21H24ClFNO2P/c1-13(20-10-7-17(12-24-20)27(5,6)25)11-14(2)26-16(4)21-15(3)19(23)9-8-18(21)22/h7-12,16H,1H2,2-6H3. The van der Waals surface area contributed by atoms with Gasteiger partial charge in [-0.15, -0.1) is 0 Å². The van der Waals surface area contributed by atoms with Gasteiger partial charge in [0.1, 0.15) is 19.1 Å². The zero-order chi connectivity index (χ0) is 20.4. The van der Waals surface area contributed by atoms with Crippen molar-refractivity contribution < 1.29 is 13.7 Å². The maximum absolute atomic E-state index is 13.8. The van der Waals surface area contributed by atoms with Crippen LogP contribution in [-0.4, -0.2) is 18.3 Å². The Kier molecular flexibility index (Phi) is 6.67. The average Bonchev–Trinajstić information content (AvgIpc) is 2.57. The van der Waals surface area contributed by atoms with E-state index in [1.807, 2.05) is 6.92 Å². The zero-order valence-corrected chi connectivity index (χ0v) is 17.9. The predicted octanol–water partition coefficient (Wildman–Crippen LogP) is 6.13. The summed E-state index contributed by atoms with van der Waals surface area (Å²) < 4.78 is 31.8. The third-order valence-electron chi connectivity index (χ3n) is 4.24. The van der Waals surface area contributed by atoms with Gasteiger partial charge in [-0.3, -0.25) is 4.98 Å². The smallest absolute Gasteiger partial charge is 0.126 e. The van der Waals surface area contributed by atoms with Crippen LogP contribution in [0.1, 0.15) is 36.8 Å². The highest BCUT2D eigenvalue weighted by Crippen LogP contribution is 2.34. The van der Waals surface area contributed by atoms with Gasteiger partial charge in [-0.05, 0) is 75.6 Å². The fraction of sp³-hybridized carbons (Fsp3) is 0.286. The summed E-state index contributed by atoms with van der Waals surface area (Å²) in [7, 11) is -2.34. The molecule has 1 atom stereocenters. The van der Waals surface area contributed by atoms with Crippen LogP contribution in [0.4, 0.5) is 4.39 Å². The van der Waals surface area contributed by atoms with E-state index in [4.69, 9.17) is 16.3 Å². The van der Waals surface area contributed by atoms with Crippen molar-refractivity contribution in [3.63, 3.8) is 0 Å². The third kappa shape index (κ3) is 5.31. The van der Waals surface area contributed by atoms with E-state index in [0.717, 1.165) is 5.30 Å². The first-order chi connectivity index (χ1) is 12.5. The molecule has 1 heterocycles. The molecule has 1 aromatic heterocycles. The zero-order valence-electron chi connectivity index (χ0n) is 16.2. The van der Waals surface area contributed by atoms with Crippen LogP contribution in [0.5, 0.6) is 0 Å². The summed E-state index contributed by atoms with van der Waals surface area (Å²) in [6, 6.07) is 6.47. The molecule has 0 saturated carbocycles. The van der Waals surface area contributed by atoms with Crippen molar-refractivity contribution in [1.82, 2.24) is 4.98 Å². The molecular weight excluding hydrogens is 384 g/mol. The van der Waals surface area contributed by atoms with Crippen molar-refractivity contribution in [3.8, 4) is 0 Å². The minimum absolute atomic E-state index is 0.315. The number of aromatic nitrogens is 1. The maximum atomic E-state index is 13.8. The van der Waals surface area contributed by atoms with Crippen molar-refractivity contribution in [2.24, 2.45) is 0 Å². The van der Waals surface area contributed by atoms with E-state index in [1.54, 1.807) is 51.6 Å². The Bertz CT molecular complexity index is 932. The Morgan fingerprint density at radius 3 is 2.56 bits per heavy atom. The van der Waals surface area contributed by atoms with Gasteiger partial charge in [0.15, 0.2) is 0 Å². The number of hydrogen-bond acceptors (Lipinski definition) is 3. The van der Waals surface area contributed by atoms with Crippen molar-refractivity contribution in [2.75, 3.05) is 13.3 Å². The summed E-state index contributed by atoms with van der Waals surface area (Å²) in [4.78, 5) is 4.33. The average molecular weight is 408 g/mol. The monoisotopic (exact) mass is 407 g/mol. The van der Waals surface area contributed by atoms with Gasteiger partial charge in [0.25, 0.3) is 0 Å². The normalized spacial score (nSPS) is 13.4. The molecule has 0 N–H and O–H groups in total. The molecule has 0 aliphatic carbocycles. The first-order valence-corrected chi connectivity index (χ1v) is 11.5. The van der Waals surface area contributed by atoms with E-state index < -0.39 is 13.2 Å². The quantitative estimate of drug-likeness (QED) is 0.328. The Morgan fingerprint density at radius 1 is 1.33 bits per heavy atom. The molecule has 6 heteroatoms. The van der Waals surface area contributed by atoms with Gasteiger partial charge in [-0.25, -0.2) is 4.39 Å². The molecule has 1 aromatic carbocycles. The minimum Gasteiger partial charge on any atom is -0.491 e. The van der Waals surface area contributed by atoms with Crippen molar-refractivity contribution >= 4 is 29.6 Å². The SMILES string of the molecule is C=C(C=C(C)OC(C)c1c(Cl)ccc(F)c1C)c1ccc(P(C)(C)=O)cn1. The molecule has 2 aromatic rings. The van der Waals surface area contributed by atoms with Gasteiger partial charge < -0.3 is 9.30 Å². The highest BCUT2D eigenvalue weighted by molar-refractivity contribution is 7.70. The van der Waals surface area contributed by atoms with Gasteiger partial charge in [-0.1, -0.05) is 18.2 Å². The second-order valence-electron chi connectivity index (χ2n) is 6.86. The van der Waals surface area contributed by atoms with Crippen LogP contribution in [0.2, 0.25) is 5.02 Å². The van der Waals surface area contributed by atoms with Gasteiger partial charge in [0.2, 0.25) is 0 Å². The summed E-state index contributed by atoms with van der Waals surface area (Å²) in [5.74, 6) is 0.291. The fourth-order valence-corrected chi connectivity index (χ4v) is 3.88. The number of nitrogens with zero attached hydrogens (tertiary/aromatic N) is 1. The molecule has 0 spiro atoms. The first-order valence-electron chi connectivity index (χ1n) is 8.51. The summed E-state index contributed by atoms with van der Waals surface area (Å²) in [6.07, 6.45) is 2.96. The summed E-state index contributed by atoms with van der Waals surface area (Å²) in [5.41, 5.74) is 2.43. The summed E-state index contributed by atoms with van der Waals surface area (Å²) in [6.45, 7) is 12.7. The fourth-order valence-electron chi connectivity index (χ4n) is 2.75. The van der Waals surface area contributed by atoms with Gasteiger partial charge in [0, 0.05) is 22.1 Å². The van der Waals surface area contributed by atoms with Crippen LogP contribution < -0.4 is 5.30 Å². The van der Waals surface area contributed by atoms with Gasteiger partial charge in [-0.2, -0.15) is 0 Å². The molecule has 144 valence electrons. The molecule has 0 radical (unpaired) electrons. The number of pyridine rings is 1. The van der Waals surface area contributed by atoms with E-state index >= 15 is 0 Å². The highest BCUT2D eigenvalue weighted by atomic mass is 35.5. The van der Waals surface area contributed by atoms with Crippen LogP contribution >= 0.6 is 18.7 Å². The molecule has 0 bridgehead atoms. The Morgan fingerprint density at radius 2 is 2.00 bits per heavy atom. The number of allylic oxidation sites excluding steroid dienone is 3. The topological polar surface area (TPSA) is 39.2 Å². The Hall–Kier alpha value is -1.90. The number of ether oxygens (including phenoxy) is 1. The lowest BCUT2D eigenvalue weighted by molar-refractivity contribution is 0.134. The van der Waals surface area contributed by atoms with Crippen LogP contribution in [0.25, 0.3) is 5.57 Å². The molecule has 3 nitrogen and oxygen atoms in total. The summed E-state index contributed by atoms with van der Waals surface area (Å²) >= 11 is 6.22. The molecule has 0 aliphatic heterocycles. The van der Waals surface area contributed by atoms with Gasteiger partial charge >= 0.3 is 0 Å². The van der Waals surface area contributed by atoms with E-state index in [0.29, 0.717) is 33.2 Å². The van der Waals surface area contributed by atoms with Crippen molar-refractivity contribution in [1.29, 1.82) is 0 Å². The van der Waals surface area contributed by atoms with Crippen molar-refractivity contribution in [3.05, 3.63) is 76.5 Å². The van der Waals surface area contributed by atoms with Crippen LogP contribution in [-0.2, 0) is 9.30 Å². The lowest BCUT2D eigenvalue weighted by Crippen LogP contribution is -2.05. The largest absolute Gasteiger partial charge is 0.491 e. The molecule has 27 heavy (non-hydrogen) atoms. The Balaban J connectivity index is 2.17. The van der Waals surface area contributed by atoms with Crippen LogP contribution in [0.3, 0.4) is 0 Å². The van der Waals surface area contributed by atoms with Crippen molar-refractivity contribution in [2.45, 2.75) is 26.9 Å². The highest BCUT2D eigenvalue weighted by Gasteiger charge is 2.17. The molecule has 1 unspecified atom stereocenters. The lowest BCUT2D eigenvalue weighted by atomic mass is 10.0. The maximum Gasteiger partial charge on any atom is 0.126 e. The molecule has 0 amide bonds. The number of benzene rings is 1. The number of halogens is 2. The molecular formula is C21H24ClFNO2P. The Labute approximate surface area is 165 Å². The molecule has 0 saturated heterocycles. The van der Waals surface area contributed by atoms with E-state index in [2.05, 4.69) is 11.6 Å². The third-order valence-corrected chi connectivity index (χ3v) is 6.08. The van der Waals surface area contributed by atoms with Gasteiger partial charge in [0.05, 0.1) is 11.5 Å². The molecule has 0 aliphatic rings. The summed E-state index contributed by atoms with van der Waals surface area (Å²) in [5, 5.41) is 1.19. The number of rotatable bonds is 6. The molecule has 0 fully saturated rings. The van der Waals surface area contributed by atoms with E-state index in [1.165, 1.54) is 12.1 Å². The number of hydrogen-bond donors (Lipinski definition) is 0. The predicted molar refractivity (Wildman–Crippen MR) is 112 cm³/mol. The van der Waals surface area contributed by atoms with Crippen LogP contribution in [0, 0.1) is 12.7 Å². The second-order valence-corrected chi connectivity index (χ2v) is 10.5. The van der Waals surface area contributed by atoms with E-state index in [9.17, 15) is 8.96 Å². The first kappa shape index (κ1) is 21.4. The molecule has 2 rings (SSSR count).